The Balaban J connectivity index is 3.57. The molecule has 0 radical (unpaired) electrons. The Morgan fingerprint density at radius 1 is 0.706 bits per heavy atom. The van der Waals surface area contributed by atoms with Crippen molar-refractivity contribution in [3.8, 4) is 0 Å². The second-order valence-corrected chi connectivity index (χ2v) is 6.33. The zero-order valence-electron chi connectivity index (χ0n) is 12.3. The van der Waals surface area contributed by atoms with Gasteiger partial charge < -0.3 is 10.2 Å². The van der Waals surface area contributed by atoms with E-state index in [-0.39, 0.29) is 0 Å². The van der Waals surface area contributed by atoms with Crippen LogP contribution in [-0.2, 0) is 0 Å². The van der Waals surface area contributed by atoms with Crippen LogP contribution >= 0.6 is 0 Å². The molecule has 0 fully saturated rings. The highest BCUT2D eigenvalue weighted by Crippen LogP contribution is 2.24. The highest BCUT2D eigenvalue weighted by atomic mass is 16.3. The van der Waals surface area contributed by atoms with Crippen molar-refractivity contribution in [2.75, 3.05) is 0 Å². The second kappa shape index (κ2) is 8.10. The molecule has 1 atom stereocenters. The molecule has 0 saturated heterocycles. The maximum Gasteiger partial charge on any atom is 0.0620 e. The summed E-state index contributed by atoms with van der Waals surface area (Å²) in [6.45, 7) is 7.72. The molecule has 0 aromatic carbocycles. The van der Waals surface area contributed by atoms with E-state index < -0.39 is 11.2 Å². The fraction of sp³-hybridized carbons (Fsp3) is 1.00. The standard InChI is InChI=1S/C15H32O2/c1-5-6-7-8-9-10-11-15(4,17)13-12-14(2,3)16/h16-17H,5-13H2,1-4H3. The maximum atomic E-state index is 10.2. The molecule has 0 aromatic rings. The highest BCUT2D eigenvalue weighted by molar-refractivity contribution is 4.77. The average Bonchev–Trinajstić information content (AvgIpc) is 2.20. The van der Waals surface area contributed by atoms with Gasteiger partial charge in [0.25, 0.3) is 0 Å². The minimum absolute atomic E-state index is 0.606. The molecule has 0 bridgehead atoms. The smallest absolute Gasteiger partial charge is 0.0620 e. The molecule has 2 N–H and O–H groups in total. The molecule has 0 aromatic heterocycles. The van der Waals surface area contributed by atoms with Crippen molar-refractivity contribution < 1.29 is 10.2 Å². The van der Waals surface area contributed by atoms with Gasteiger partial charge in [0.15, 0.2) is 0 Å². The van der Waals surface area contributed by atoms with Gasteiger partial charge in [-0.3, -0.25) is 0 Å². The van der Waals surface area contributed by atoms with Crippen LogP contribution in [0.4, 0.5) is 0 Å². The zero-order chi connectivity index (χ0) is 13.4. The monoisotopic (exact) mass is 244 g/mol. The van der Waals surface area contributed by atoms with Crippen LogP contribution < -0.4 is 0 Å². The third-order valence-electron chi connectivity index (χ3n) is 3.34. The van der Waals surface area contributed by atoms with Gasteiger partial charge in [0.05, 0.1) is 11.2 Å². The molecule has 2 heteroatoms. The largest absolute Gasteiger partial charge is 0.390 e. The first-order chi connectivity index (χ1) is 7.77. The first-order valence-electron chi connectivity index (χ1n) is 7.21. The molecular formula is C15H32O2. The molecule has 0 aliphatic rings. The molecular weight excluding hydrogens is 212 g/mol. The van der Waals surface area contributed by atoms with Crippen LogP contribution in [0.15, 0.2) is 0 Å². The Hall–Kier alpha value is -0.0800. The highest BCUT2D eigenvalue weighted by Gasteiger charge is 2.23. The van der Waals surface area contributed by atoms with Crippen LogP contribution in [0.2, 0.25) is 0 Å². The van der Waals surface area contributed by atoms with E-state index in [4.69, 9.17) is 0 Å². The number of rotatable bonds is 10. The van der Waals surface area contributed by atoms with Crippen molar-refractivity contribution in [1.29, 1.82) is 0 Å². The molecule has 0 saturated carbocycles. The lowest BCUT2D eigenvalue weighted by atomic mass is 9.88. The lowest BCUT2D eigenvalue weighted by molar-refractivity contribution is -0.000181. The van der Waals surface area contributed by atoms with Crippen LogP contribution in [-0.4, -0.2) is 21.4 Å². The minimum atomic E-state index is -0.662. The van der Waals surface area contributed by atoms with Gasteiger partial charge in [-0.25, -0.2) is 0 Å². The quantitative estimate of drug-likeness (QED) is 0.569. The molecule has 0 aliphatic heterocycles. The zero-order valence-corrected chi connectivity index (χ0v) is 12.3. The van der Waals surface area contributed by atoms with Crippen molar-refractivity contribution in [2.45, 2.75) is 96.7 Å². The van der Waals surface area contributed by atoms with E-state index in [1.807, 2.05) is 6.92 Å². The summed E-state index contributed by atoms with van der Waals surface area (Å²) in [5, 5.41) is 19.8. The van der Waals surface area contributed by atoms with Gasteiger partial charge in [0.1, 0.15) is 0 Å². The van der Waals surface area contributed by atoms with Gasteiger partial charge >= 0.3 is 0 Å². The average molecular weight is 244 g/mol. The summed E-state index contributed by atoms with van der Waals surface area (Å²) in [5.74, 6) is 0. The van der Waals surface area contributed by atoms with E-state index in [9.17, 15) is 10.2 Å². The molecule has 2 nitrogen and oxygen atoms in total. The summed E-state index contributed by atoms with van der Waals surface area (Å²) in [4.78, 5) is 0. The van der Waals surface area contributed by atoms with Gasteiger partial charge in [-0.1, -0.05) is 45.4 Å². The van der Waals surface area contributed by atoms with Crippen LogP contribution in [0.3, 0.4) is 0 Å². The van der Waals surface area contributed by atoms with Gasteiger partial charge in [-0.05, 0) is 40.0 Å². The van der Waals surface area contributed by atoms with Crippen molar-refractivity contribution in [3.63, 3.8) is 0 Å². The summed E-state index contributed by atoms with van der Waals surface area (Å²) < 4.78 is 0. The van der Waals surface area contributed by atoms with E-state index in [1.165, 1.54) is 32.1 Å². The number of unbranched alkanes of at least 4 members (excludes halogenated alkanes) is 5. The van der Waals surface area contributed by atoms with Gasteiger partial charge in [0.2, 0.25) is 0 Å². The Bertz CT molecular complexity index is 180. The van der Waals surface area contributed by atoms with Gasteiger partial charge in [0, 0.05) is 0 Å². The Morgan fingerprint density at radius 2 is 1.24 bits per heavy atom. The molecule has 0 heterocycles. The normalized spacial score (nSPS) is 15.9. The second-order valence-electron chi connectivity index (χ2n) is 6.33. The molecule has 0 amide bonds. The first kappa shape index (κ1) is 16.9. The summed E-state index contributed by atoms with van der Waals surface area (Å²) in [5.41, 5.74) is -1.27. The topological polar surface area (TPSA) is 40.5 Å². The predicted octanol–water partition coefficient (Wildman–Crippen LogP) is 4.04. The number of aliphatic hydroxyl groups is 2. The lowest BCUT2D eigenvalue weighted by Gasteiger charge is -2.27. The van der Waals surface area contributed by atoms with Crippen LogP contribution in [0.1, 0.15) is 85.5 Å². The summed E-state index contributed by atoms with van der Waals surface area (Å²) in [6.07, 6.45) is 9.74. The molecule has 104 valence electrons. The third-order valence-corrected chi connectivity index (χ3v) is 3.34. The van der Waals surface area contributed by atoms with E-state index in [0.717, 1.165) is 12.8 Å². The minimum Gasteiger partial charge on any atom is -0.390 e. The van der Waals surface area contributed by atoms with E-state index in [0.29, 0.717) is 12.8 Å². The number of hydrogen-bond donors (Lipinski definition) is 2. The van der Waals surface area contributed by atoms with E-state index in [1.54, 1.807) is 13.8 Å². The SMILES string of the molecule is CCCCCCCCC(C)(O)CCC(C)(C)O. The van der Waals surface area contributed by atoms with Gasteiger partial charge in [-0.15, -0.1) is 0 Å². The summed E-state index contributed by atoms with van der Waals surface area (Å²) in [7, 11) is 0. The molecule has 1 unspecified atom stereocenters. The first-order valence-corrected chi connectivity index (χ1v) is 7.21. The van der Waals surface area contributed by atoms with Crippen molar-refractivity contribution >= 4 is 0 Å². The van der Waals surface area contributed by atoms with Crippen molar-refractivity contribution in [1.82, 2.24) is 0 Å². The Kier molecular flexibility index (Phi) is 8.06. The molecule has 0 aliphatic carbocycles. The van der Waals surface area contributed by atoms with Crippen LogP contribution in [0.25, 0.3) is 0 Å². The van der Waals surface area contributed by atoms with Crippen LogP contribution in [0, 0.1) is 0 Å². The Morgan fingerprint density at radius 3 is 1.76 bits per heavy atom. The Labute approximate surface area is 107 Å². The van der Waals surface area contributed by atoms with E-state index in [2.05, 4.69) is 6.92 Å². The molecule has 0 rings (SSSR count). The molecule has 17 heavy (non-hydrogen) atoms. The summed E-state index contributed by atoms with van der Waals surface area (Å²) in [6, 6.07) is 0. The number of hydrogen-bond acceptors (Lipinski definition) is 2. The fourth-order valence-electron chi connectivity index (χ4n) is 1.99. The fourth-order valence-corrected chi connectivity index (χ4v) is 1.99. The van der Waals surface area contributed by atoms with Crippen molar-refractivity contribution in [2.24, 2.45) is 0 Å². The third kappa shape index (κ3) is 12.2. The lowest BCUT2D eigenvalue weighted by Crippen LogP contribution is -2.29. The molecule has 0 spiro atoms. The predicted molar refractivity (Wildman–Crippen MR) is 74.1 cm³/mol. The van der Waals surface area contributed by atoms with Crippen molar-refractivity contribution in [3.05, 3.63) is 0 Å². The summed E-state index contributed by atoms with van der Waals surface area (Å²) >= 11 is 0. The maximum absolute atomic E-state index is 10.2. The van der Waals surface area contributed by atoms with Crippen LogP contribution in [0.5, 0.6) is 0 Å². The van der Waals surface area contributed by atoms with E-state index >= 15 is 0 Å². The van der Waals surface area contributed by atoms with Gasteiger partial charge in [-0.2, -0.15) is 0 Å².